The molecule has 0 fully saturated rings. The zero-order valence-corrected chi connectivity index (χ0v) is 15.1. The third-order valence-electron chi connectivity index (χ3n) is 5.41. The maximum absolute atomic E-state index is 13.6. The van der Waals surface area contributed by atoms with Gasteiger partial charge >= 0.3 is 0 Å². The summed E-state index contributed by atoms with van der Waals surface area (Å²) in [6.07, 6.45) is 3.38. The number of hydrazone groups is 1. The molecule has 4 rings (SSSR count). The van der Waals surface area contributed by atoms with Gasteiger partial charge in [-0.15, -0.1) is 0 Å². The molecule has 0 bridgehead atoms. The minimum absolute atomic E-state index is 0.103. The molecule has 2 aromatic carbocycles. The van der Waals surface area contributed by atoms with Crippen LogP contribution in [0.2, 0.25) is 0 Å². The van der Waals surface area contributed by atoms with E-state index in [9.17, 15) is 19.7 Å². The summed E-state index contributed by atoms with van der Waals surface area (Å²) in [5, 5.41) is 17.2. The van der Waals surface area contributed by atoms with Crippen molar-refractivity contribution < 1.29 is 14.5 Å². The molecule has 2 aromatic rings. The van der Waals surface area contributed by atoms with Gasteiger partial charge in [0.05, 0.1) is 16.3 Å². The van der Waals surface area contributed by atoms with Crippen molar-refractivity contribution >= 4 is 28.8 Å². The fourth-order valence-corrected chi connectivity index (χ4v) is 4.12. The summed E-state index contributed by atoms with van der Waals surface area (Å²) >= 11 is 0. The van der Waals surface area contributed by atoms with Crippen LogP contribution in [0.25, 0.3) is 0 Å². The minimum Gasteiger partial charge on any atom is -0.293 e. The number of carbonyl (C=O) groups is 2. The molecule has 1 aliphatic heterocycles. The first-order chi connectivity index (χ1) is 13.5. The van der Waals surface area contributed by atoms with Crippen molar-refractivity contribution in [3.8, 4) is 0 Å². The summed E-state index contributed by atoms with van der Waals surface area (Å²) in [6, 6.07) is 15.1. The monoisotopic (exact) mass is 375 g/mol. The molecule has 0 N–H and O–H groups in total. The van der Waals surface area contributed by atoms with Crippen molar-refractivity contribution in [2.75, 3.05) is 5.01 Å². The molecule has 0 saturated carbocycles. The normalized spacial score (nSPS) is 24.0. The van der Waals surface area contributed by atoms with E-state index in [1.807, 2.05) is 6.07 Å². The van der Waals surface area contributed by atoms with Crippen LogP contribution >= 0.6 is 0 Å². The molecule has 140 valence electrons. The fraction of sp³-hybridized carbons (Fsp3) is 0.190. The summed E-state index contributed by atoms with van der Waals surface area (Å²) in [7, 11) is 0. The Balaban J connectivity index is 1.90. The molecule has 28 heavy (non-hydrogen) atoms. The van der Waals surface area contributed by atoms with Gasteiger partial charge in [0.25, 0.3) is 11.6 Å². The Hall–Kier alpha value is -3.61. The zero-order valence-electron chi connectivity index (χ0n) is 15.1. The number of para-hydroxylation sites is 2. The number of rotatable bonds is 3. The van der Waals surface area contributed by atoms with Crippen molar-refractivity contribution in [1.82, 2.24) is 0 Å². The molecular weight excluding hydrogens is 358 g/mol. The van der Waals surface area contributed by atoms with Gasteiger partial charge in [0, 0.05) is 17.5 Å². The minimum atomic E-state index is -1.57. The van der Waals surface area contributed by atoms with Gasteiger partial charge in [0.2, 0.25) is 0 Å². The molecular formula is C21H17N3O4. The lowest BCUT2D eigenvalue weighted by Gasteiger charge is -2.36. The molecule has 1 heterocycles. The summed E-state index contributed by atoms with van der Waals surface area (Å²) in [6.45, 7) is 1.64. The van der Waals surface area contributed by atoms with E-state index in [4.69, 9.17) is 0 Å². The Kier molecular flexibility index (Phi) is 4.15. The van der Waals surface area contributed by atoms with Gasteiger partial charge in [-0.3, -0.25) is 19.7 Å². The van der Waals surface area contributed by atoms with Gasteiger partial charge in [-0.25, -0.2) is 0 Å². The van der Waals surface area contributed by atoms with Gasteiger partial charge in [0.15, 0.2) is 11.2 Å². The Morgan fingerprint density at radius 3 is 2.50 bits per heavy atom. The van der Waals surface area contributed by atoms with Crippen molar-refractivity contribution in [2.24, 2.45) is 10.5 Å². The van der Waals surface area contributed by atoms with Crippen molar-refractivity contribution in [2.45, 2.75) is 19.3 Å². The van der Waals surface area contributed by atoms with Crippen LogP contribution in [-0.2, 0) is 9.59 Å². The highest BCUT2D eigenvalue weighted by atomic mass is 16.6. The van der Waals surface area contributed by atoms with Crippen LogP contribution < -0.4 is 5.01 Å². The van der Waals surface area contributed by atoms with Crippen molar-refractivity contribution in [3.63, 3.8) is 0 Å². The van der Waals surface area contributed by atoms with Crippen LogP contribution in [0.5, 0.6) is 0 Å². The molecule has 7 heteroatoms. The predicted octanol–water partition coefficient (Wildman–Crippen LogP) is 3.62. The van der Waals surface area contributed by atoms with Gasteiger partial charge < -0.3 is 0 Å². The van der Waals surface area contributed by atoms with E-state index in [0.717, 1.165) is 0 Å². The molecule has 7 nitrogen and oxygen atoms in total. The van der Waals surface area contributed by atoms with E-state index in [-0.39, 0.29) is 5.69 Å². The van der Waals surface area contributed by atoms with E-state index in [0.29, 0.717) is 23.4 Å². The van der Waals surface area contributed by atoms with Crippen LogP contribution in [0.1, 0.15) is 24.8 Å². The molecule has 1 spiro atoms. The first-order valence-electron chi connectivity index (χ1n) is 8.87. The number of nitro benzene ring substituents is 1. The summed E-state index contributed by atoms with van der Waals surface area (Å²) in [5.41, 5.74) is -0.417. The number of ketones is 1. The Morgan fingerprint density at radius 1 is 1.11 bits per heavy atom. The lowest BCUT2D eigenvalue weighted by atomic mass is 9.62. The van der Waals surface area contributed by atoms with Gasteiger partial charge in [-0.2, -0.15) is 10.1 Å². The Morgan fingerprint density at radius 2 is 1.79 bits per heavy atom. The van der Waals surface area contributed by atoms with E-state index in [2.05, 4.69) is 5.10 Å². The van der Waals surface area contributed by atoms with Crippen molar-refractivity contribution in [1.29, 1.82) is 0 Å². The molecule has 2 atom stereocenters. The summed E-state index contributed by atoms with van der Waals surface area (Å²) < 4.78 is 0. The molecule has 1 aliphatic carbocycles. The summed E-state index contributed by atoms with van der Waals surface area (Å²) in [5.74, 6) is -1.57. The van der Waals surface area contributed by atoms with E-state index >= 15 is 0 Å². The number of carbonyl (C=O) groups excluding carboxylic acids is 2. The zero-order chi connectivity index (χ0) is 19.9. The molecule has 0 radical (unpaired) electrons. The van der Waals surface area contributed by atoms with Crippen LogP contribution in [0.4, 0.5) is 11.4 Å². The number of hydrogen-bond donors (Lipinski definition) is 0. The number of benzene rings is 2. The fourth-order valence-electron chi connectivity index (χ4n) is 4.12. The standard InChI is InChI=1S/C21H17N3O4/c1-14-21(20(26)23(22-14)15-8-3-2-4-9-15)17(11-7-13-19(21)25)16-10-5-6-12-18(16)24(27)28/h2-10,12-13,17H,11H2,1H3/t17-,21+/m1/s1. The maximum atomic E-state index is 13.6. The van der Waals surface area contributed by atoms with E-state index in [1.165, 1.54) is 17.2 Å². The second kappa shape index (κ2) is 6.53. The second-order valence-electron chi connectivity index (χ2n) is 6.82. The molecule has 1 amide bonds. The third kappa shape index (κ3) is 2.40. The Bertz CT molecular complexity index is 1040. The highest BCUT2D eigenvalue weighted by Gasteiger charge is 2.61. The average molecular weight is 375 g/mol. The average Bonchev–Trinajstić information content (AvgIpc) is 2.97. The first kappa shape index (κ1) is 17.8. The highest BCUT2D eigenvalue weighted by Crippen LogP contribution is 2.50. The topological polar surface area (TPSA) is 92.9 Å². The largest absolute Gasteiger partial charge is 0.293 e. The van der Waals surface area contributed by atoms with Crippen LogP contribution in [0.15, 0.2) is 71.9 Å². The third-order valence-corrected chi connectivity index (χ3v) is 5.41. The molecule has 2 aliphatic rings. The molecule has 0 unspecified atom stereocenters. The molecule has 0 aromatic heterocycles. The number of hydrogen-bond acceptors (Lipinski definition) is 5. The number of allylic oxidation sites excluding steroid dienone is 2. The number of nitro groups is 1. The SMILES string of the molecule is CC1=NN(c2ccccc2)C(=O)[C@@]12C(=O)C=CC[C@@H]2c1ccccc1[N+](=O)[O-]. The number of amides is 1. The van der Waals surface area contributed by atoms with E-state index in [1.54, 1.807) is 55.5 Å². The Labute approximate surface area is 161 Å². The van der Waals surface area contributed by atoms with Crippen molar-refractivity contribution in [3.05, 3.63) is 82.4 Å². The quantitative estimate of drug-likeness (QED) is 0.465. The first-order valence-corrected chi connectivity index (χ1v) is 8.87. The number of anilines is 1. The van der Waals surface area contributed by atoms with Gasteiger partial charge in [0.1, 0.15) is 0 Å². The summed E-state index contributed by atoms with van der Waals surface area (Å²) in [4.78, 5) is 37.7. The molecule has 0 saturated heterocycles. The van der Waals surface area contributed by atoms with Crippen LogP contribution in [-0.4, -0.2) is 22.3 Å². The van der Waals surface area contributed by atoms with Gasteiger partial charge in [-0.1, -0.05) is 42.5 Å². The number of nitrogens with zero attached hydrogens (tertiary/aromatic N) is 3. The van der Waals surface area contributed by atoms with Gasteiger partial charge in [-0.05, 0) is 31.6 Å². The lowest BCUT2D eigenvalue weighted by molar-refractivity contribution is -0.385. The second-order valence-corrected chi connectivity index (χ2v) is 6.82. The highest BCUT2D eigenvalue weighted by molar-refractivity contribution is 6.34. The smallest absolute Gasteiger partial charge is 0.272 e. The predicted molar refractivity (Wildman–Crippen MR) is 104 cm³/mol. The maximum Gasteiger partial charge on any atom is 0.272 e. The lowest BCUT2D eigenvalue weighted by Crippen LogP contribution is -2.50. The van der Waals surface area contributed by atoms with Crippen LogP contribution in [0, 0.1) is 15.5 Å². The van der Waals surface area contributed by atoms with Crippen LogP contribution in [0.3, 0.4) is 0 Å². The van der Waals surface area contributed by atoms with E-state index < -0.39 is 27.9 Å².